The Hall–Kier alpha value is -3.31. The molecule has 3 heterocycles. The Kier molecular flexibility index (Phi) is 4.98. The zero-order valence-corrected chi connectivity index (χ0v) is 20.0. The van der Waals surface area contributed by atoms with Crippen LogP contribution < -0.4 is 15.6 Å². The van der Waals surface area contributed by atoms with Crippen LogP contribution in [-0.2, 0) is 25.6 Å². The number of rotatable bonds is 4. The lowest BCUT2D eigenvalue weighted by Crippen LogP contribution is -2.55. The molecule has 5 nitrogen and oxygen atoms in total. The molecule has 5 heteroatoms. The van der Waals surface area contributed by atoms with Gasteiger partial charge in [-0.05, 0) is 51.5 Å². The molecule has 0 aliphatic carbocycles. The van der Waals surface area contributed by atoms with E-state index in [1.165, 1.54) is 16.6 Å². The van der Waals surface area contributed by atoms with Gasteiger partial charge < -0.3 is 14.6 Å². The van der Waals surface area contributed by atoms with Crippen molar-refractivity contribution in [3.63, 3.8) is 0 Å². The molecule has 1 aliphatic heterocycles. The molecule has 2 aromatic heterocycles. The van der Waals surface area contributed by atoms with Gasteiger partial charge in [-0.15, -0.1) is 0 Å². The maximum absolute atomic E-state index is 12.9. The number of aryl methyl sites for hydroxylation is 1. The molecule has 0 bridgehead atoms. The Morgan fingerprint density at radius 1 is 1.00 bits per heavy atom. The van der Waals surface area contributed by atoms with Crippen LogP contribution in [0.25, 0.3) is 16.6 Å². The molecular formula is C28H31N3O2. The van der Waals surface area contributed by atoms with E-state index in [2.05, 4.69) is 56.8 Å². The van der Waals surface area contributed by atoms with Gasteiger partial charge in [0.1, 0.15) is 12.4 Å². The summed E-state index contributed by atoms with van der Waals surface area (Å²) in [4.78, 5) is 12.9. The molecule has 2 aromatic carbocycles. The van der Waals surface area contributed by atoms with Gasteiger partial charge in [0.15, 0.2) is 0 Å². The van der Waals surface area contributed by atoms with Crippen LogP contribution in [0.1, 0.15) is 44.5 Å². The van der Waals surface area contributed by atoms with Crippen molar-refractivity contribution >= 4 is 10.9 Å². The molecular weight excluding hydrogens is 410 g/mol. The highest BCUT2D eigenvalue weighted by atomic mass is 16.5. The van der Waals surface area contributed by atoms with Gasteiger partial charge in [-0.1, -0.05) is 36.4 Å². The van der Waals surface area contributed by atoms with Gasteiger partial charge in [0, 0.05) is 53.5 Å². The van der Waals surface area contributed by atoms with Crippen molar-refractivity contribution < 1.29 is 4.74 Å². The molecule has 1 N–H and O–H groups in total. The van der Waals surface area contributed by atoms with Crippen molar-refractivity contribution in [1.29, 1.82) is 0 Å². The largest absolute Gasteiger partial charge is 0.489 e. The Balaban J connectivity index is 1.50. The third kappa shape index (κ3) is 3.87. The first-order valence-electron chi connectivity index (χ1n) is 11.5. The van der Waals surface area contributed by atoms with Crippen LogP contribution >= 0.6 is 0 Å². The van der Waals surface area contributed by atoms with Gasteiger partial charge in [0.25, 0.3) is 5.56 Å². The number of hydrogen-bond acceptors (Lipinski definition) is 3. The molecule has 0 saturated carbocycles. The van der Waals surface area contributed by atoms with Crippen LogP contribution in [0.4, 0.5) is 0 Å². The molecule has 5 rings (SSSR count). The van der Waals surface area contributed by atoms with Crippen molar-refractivity contribution in [1.82, 2.24) is 14.5 Å². The monoisotopic (exact) mass is 441 g/mol. The highest BCUT2D eigenvalue weighted by molar-refractivity contribution is 5.88. The fourth-order valence-electron chi connectivity index (χ4n) is 5.41. The van der Waals surface area contributed by atoms with E-state index in [4.69, 9.17) is 4.74 Å². The minimum atomic E-state index is -0.132. The second-order valence-corrected chi connectivity index (χ2v) is 10.2. The summed E-state index contributed by atoms with van der Waals surface area (Å²) in [5.74, 6) is 0.575. The normalized spacial score (nSPS) is 16.5. The van der Waals surface area contributed by atoms with Gasteiger partial charge >= 0.3 is 0 Å². The summed E-state index contributed by atoms with van der Waals surface area (Å²) in [6.45, 7) is 9.44. The lowest BCUT2D eigenvalue weighted by molar-refractivity contribution is 0.239. The molecule has 0 radical (unpaired) electrons. The smallest absolute Gasteiger partial charge is 0.258 e. The molecule has 33 heavy (non-hydrogen) atoms. The second-order valence-electron chi connectivity index (χ2n) is 10.2. The predicted molar refractivity (Wildman–Crippen MR) is 133 cm³/mol. The lowest BCUT2D eigenvalue weighted by atomic mass is 9.80. The van der Waals surface area contributed by atoms with E-state index in [0.29, 0.717) is 12.4 Å². The topological polar surface area (TPSA) is 48.2 Å². The van der Waals surface area contributed by atoms with Crippen molar-refractivity contribution in [2.24, 2.45) is 7.05 Å². The quantitative estimate of drug-likeness (QED) is 0.481. The Morgan fingerprint density at radius 2 is 1.76 bits per heavy atom. The second kappa shape index (κ2) is 7.63. The summed E-state index contributed by atoms with van der Waals surface area (Å²) in [6.07, 6.45) is 2.75. The lowest BCUT2D eigenvalue weighted by Gasteiger charge is -2.43. The average Bonchev–Trinajstić information content (AvgIpc) is 3.03. The van der Waals surface area contributed by atoms with Crippen molar-refractivity contribution in [3.8, 4) is 11.4 Å². The van der Waals surface area contributed by atoms with Crippen molar-refractivity contribution in [2.45, 2.75) is 51.8 Å². The number of benzene rings is 2. The molecule has 170 valence electrons. The average molecular weight is 442 g/mol. The van der Waals surface area contributed by atoms with Crippen LogP contribution in [0.5, 0.6) is 5.75 Å². The third-order valence-electron chi connectivity index (χ3n) is 6.61. The van der Waals surface area contributed by atoms with E-state index in [1.54, 1.807) is 16.8 Å². The van der Waals surface area contributed by atoms with Crippen LogP contribution in [0.3, 0.4) is 0 Å². The molecule has 0 fully saturated rings. The van der Waals surface area contributed by atoms with Crippen molar-refractivity contribution in [3.05, 3.63) is 94.0 Å². The summed E-state index contributed by atoms with van der Waals surface area (Å²) < 4.78 is 9.79. The zero-order valence-electron chi connectivity index (χ0n) is 20.0. The van der Waals surface area contributed by atoms with Gasteiger partial charge in [-0.3, -0.25) is 9.36 Å². The fourth-order valence-corrected chi connectivity index (χ4v) is 5.41. The summed E-state index contributed by atoms with van der Waals surface area (Å²) in [6, 6.07) is 19.6. The van der Waals surface area contributed by atoms with Crippen molar-refractivity contribution in [2.75, 3.05) is 0 Å². The fraction of sp³-hybridized carbons (Fsp3) is 0.321. The van der Waals surface area contributed by atoms with Gasteiger partial charge in [-0.2, -0.15) is 0 Å². The minimum absolute atomic E-state index is 0.0218. The van der Waals surface area contributed by atoms with Gasteiger partial charge in [-0.25, -0.2) is 0 Å². The number of nitrogens with one attached hydrogen (secondary N) is 1. The standard InChI is InChI=1S/C28H31N3O2/c1-27(2)17-24-26(28(3,4)29-27)22-12-11-20(15-23(22)30(24)5)31-14-13-21(16-25(31)32)33-18-19-9-7-6-8-10-19/h6-16,29H,17-18H2,1-5H3. The number of ether oxygens (including phenoxy) is 1. The van der Waals surface area contributed by atoms with E-state index in [0.717, 1.165) is 23.2 Å². The van der Waals surface area contributed by atoms with E-state index in [1.807, 2.05) is 42.5 Å². The molecule has 0 atom stereocenters. The molecule has 4 aromatic rings. The zero-order chi connectivity index (χ0) is 23.4. The van der Waals surface area contributed by atoms with E-state index in [-0.39, 0.29) is 16.6 Å². The number of nitrogens with zero attached hydrogens (tertiary/aromatic N) is 2. The minimum Gasteiger partial charge on any atom is -0.489 e. The van der Waals surface area contributed by atoms with E-state index >= 15 is 0 Å². The van der Waals surface area contributed by atoms with E-state index < -0.39 is 0 Å². The maximum atomic E-state index is 12.9. The van der Waals surface area contributed by atoms with Gasteiger partial charge in [0.2, 0.25) is 0 Å². The number of fused-ring (bicyclic) bond motifs is 3. The Morgan fingerprint density at radius 3 is 2.48 bits per heavy atom. The number of hydrogen-bond donors (Lipinski definition) is 1. The summed E-state index contributed by atoms with van der Waals surface area (Å²) in [7, 11) is 2.13. The molecule has 0 unspecified atom stereocenters. The predicted octanol–water partition coefficient (Wildman–Crippen LogP) is 5.07. The van der Waals surface area contributed by atoms with Crippen LogP contribution in [0.2, 0.25) is 0 Å². The summed E-state index contributed by atoms with van der Waals surface area (Å²) in [5.41, 5.74) is 5.55. The first-order chi connectivity index (χ1) is 15.6. The van der Waals surface area contributed by atoms with E-state index in [9.17, 15) is 4.79 Å². The first-order valence-corrected chi connectivity index (χ1v) is 11.5. The summed E-state index contributed by atoms with van der Waals surface area (Å²) >= 11 is 0. The molecule has 1 aliphatic rings. The van der Waals surface area contributed by atoms with Crippen LogP contribution in [0, 0.1) is 0 Å². The van der Waals surface area contributed by atoms with Crippen LogP contribution in [-0.4, -0.2) is 14.7 Å². The Bertz CT molecular complexity index is 1390. The molecule has 0 spiro atoms. The van der Waals surface area contributed by atoms with Crippen LogP contribution in [0.15, 0.2) is 71.7 Å². The number of pyridine rings is 1. The molecule has 0 amide bonds. The Labute approximate surface area is 194 Å². The highest BCUT2D eigenvalue weighted by Crippen LogP contribution is 2.40. The highest BCUT2D eigenvalue weighted by Gasteiger charge is 2.39. The SMILES string of the molecule is Cn1c2c(c3ccc(-n4ccc(OCc5ccccc5)cc4=O)cc31)C(C)(C)NC(C)(C)C2. The summed E-state index contributed by atoms with van der Waals surface area (Å²) in [5, 5.41) is 5.03. The van der Waals surface area contributed by atoms with Gasteiger partial charge in [0.05, 0.1) is 11.2 Å². The third-order valence-corrected chi connectivity index (χ3v) is 6.61. The first kappa shape index (κ1) is 21.5. The maximum Gasteiger partial charge on any atom is 0.258 e. The number of aromatic nitrogens is 2. The molecule has 0 saturated heterocycles.